The first-order valence-electron chi connectivity index (χ1n) is 9.03. The highest BCUT2D eigenvalue weighted by Crippen LogP contribution is 2.39. The Morgan fingerprint density at radius 2 is 1.89 bits per heavy atom. The van der Waals surface area contributed by atoms with Crippen LogP contribution >= 0.6 is 11.6 Å². The second-order valence-corrected chi connectivity index (χ2v) is 8.39. The number of halogens is 4. The zero-order valence-corrected chi connectivity index (χ0v) is 16.9. The lowest BCUT2D eigenvalue weighted by molar-refractivity contribution is -0.00865. The third-order valence-electron chi connectivity index (χ3n) is 4.83. The first-order valence-corrected chi connectivity index (χ1v) is 9.40. The molecule has 8 heteroatoms. The van der Waals surface area contributed by atoms with Crippen molar-refractivity contribution in [3.63, 3.8) is 0 Å². The van der Waals surface area contributed by atoms with Crippen LogP contribution in [0.3, 0.4) is 0 Å². The van der Waals surface area contributed by atoms with E-state index >= 15 is 0 Å². The molecule has 1 aromatic rings. The van der Waals surface area contributed by atoms with E-state index in [1.807, 2.05) is 0 Å². The summed E-state index contributed by atoms with van der Waals surface area (Å²) in [5.41, 5.74) is -1.71. The quantitative estimate of drug-likeness (QED) is 0.622. The van der Waals surface area contributed by atoms with E-state index in [0.29, 0.717) is 0 Å². The molecule has 0 radical (unpaired) electrons. The normalized spacial score (nSPS) is 17.7. The number of ether oxygens (including phenoxy) is 1. The summed E-state index contributed by atoms with van der Waals surface area (Å²) in [4.78, 5) is 17.8. The smallest absolute Gasteiger partial charge is 0.410 e. The molecule has 0 atom stereocenters. The molecule has 1 amide bonds. The molecule has 1 saturated heterocycles. The molecule has 0 spiro atoms. The fourth-order valence-corrected chi connectivity index (χ4v) is 3.29. The average Bonchev–Trinajstić information content (AvgIpc) is 2.59. The molecule has 0 aromatic carbocycles. The fourth-order valence-electron chi connectivity index (χ4n) is 3.09. The van der Waals surface area contributed by atoms with Crippen LogP contribution in [-0.2, 0) is 16.1 Å². The number of hydrogen-bond acceptors (Lipinski definition) is 3. The SMILES string of the molecule is CCC(F)(F)c1cc(Cl)nc(C2(CF)CCN(C(=O)OC(C)(C)C)CC2)c1. The van der Waals surface area contributed by atoms with Gasteiger partial charge in [-0.2, -0.15) is 0 Å². The zero-order valence-electron chi connectivity index (χ0n) is 16.1. The van der Waals surface area contributed by atoms with Gasteiger partial charge in [-0.1, -0.05) is 18.5 Å². The summed E-state index contributed by atoms with van der Waals surface area (Å²) in [5.74, 6) is -3.06. The van der Waals surface area contributed by atoms with Crippen molar-refractivity contribution in [1.29, 1.82) is 0 Å². The van der Waals surface area contributed by atoms with Crippen LogP contribution in [0.5, 0.6) is 0 Å². The maximum absolute atomic E-state index is 14.1. The lowest BCUT2D eigenvalue weighted by Gasteiger charge is -2.40. The summed E-state index contributed by atoms with van der Waals surface area (Å²) < 4.78 is 47.6. The number of piperidine rings is 1. The molecule has 2 heterocycles. The van der Waals surface area contributed by atoms with Gasteiger partial charge in [-0.05, 0) is 45.7 Å². The van der Waals surface area contributed by atoms with Crippen molar-refractivity contribution < 1.29 is 22.7 Å². The van der Waals surface area contributed by atoms with Crippen molar-refractivity contribution in [2.24, 2.45) is 0 Å². The number of carbonyl (C=O) groups is 1. The van der Waals surface area contributed by atoms with E-state index in [-0.39, 0.29) is 48.8 Å². The van der Waals surface area contributed by atoms with Crippen LogP contribution in [0.1, 0.15) is 58.2 Å². The number of pyridine rings is 1. The Labute approximate surface area is 163 Å². The van der Waals surface area contributed by atoms with Crippen LogP contribution in [0.2, 0.25) is 5.15 Å². The zero-order chi connectivity index (χ0) is 20.5. The highest BCUT2D eigenvalue weighted by Gasteiger charge is 2.41. The number of rotatable bonds is 4. The molecule has 0 N–H and O–H groups in total. The predicted octanol–water partition coefficient (Wildman–Crippen LogP) is 5.48. The van der Waals surface area contributed by atoms with Gasteiger partial charge in [-0.25, -0.2) is 18.6 Å². The Balaban J connectivity index is 2.24. The number of hydrogen-bond donors (Lipinski definition) is 0. The molecule has 4 nitrogen and oxygen atoms in total. The minimum atomic E-state index is -3.06. The molecule has 1 aliphatic rings. The van der Waals surface area contributed by atoms with E-state index in [2.05, 4.69) is 4.98 Å². The molecule has 0 bridgehead atoms. The molecule has 0 aliphatic carbocycles. The first kappa shape index (κ1) is 21.8. The van der Waals surface area contributed by atoms with Crippen LogP contribution in [-0.4, -0.2) is 41.3 Å². The Morgan fingerprint density at radius 1 is 1.30 bits per heavy atom. The Morgan fingerprint density at radius 3 is 2.37 bits per heavy atom. The van der Waals surface area contributed by atoms with Gasteiger partial charge in [0.05, 0.1) is 5.69 Å². The third-order valence-corrected chi connectivity index (χ3v) is 5.03. The summed E-state index contributed by atoms with van der Waals surface area (Å²) in [6.45, 7) is 6.43. The topological polar surface area (TPSA) is 42.4 Å². The minimum Gasteiger partial charge on any atom is -0.444 e. The van der Waals surface area contributed by atoms with E-state index in [9.17, 15) is 18.0 Å². The van der Waals surface area contributed by atoms with Crippen molar-refractivity contribution in [2.45, 2.75) is 63.9 Å². The molecular formula is C19H26ClF3N2O2. The molecule has 0 saturated carbocycles. The molecule has 27 heavy (non-hydrogen) atoms. The number of aromatic nitrogens is 1. The van der Waals surface area contributed by atoms with Crippen LogP contribution in [0, 0.1) is 0 Å². The van der Waals surface area contributed by atoms with Crippen LogP contribution < -0.4 is 0 Å². The van der Waals surface area contributed by atoms with Crippen molar-refractivity contribution >= 4 is 17.7 Å². The number of carbonyl (C=O) groups excluding carboxylic acids is 1. The minimum absolute atomic E-state index is 0.0852. The van der Waals surface area contributed by atoms with Gasteiger partial charge in [0.15, 0.2) is 0 Å². The van der Waals surface area contributed by atoms with Gasteiger partial charge in [0, 0.05) is 30.5 Å². The van der Waals surface area contributed by atoms with Gasteiger partial charge < -0.3 is 9.64 Å². The predicted molar refractivity (Wildman–Crippen MR) is 98.1 cm³/mol. The molecular weight excluding hydrogens is 381 g/mol. The van der Waals surface area contributed by atoms with Gasteiger partial charge in [-0.15, -0.1) is 0 Å². The van der Waals surface area contributed by atoms with Crippen molar-refractivity contribution in [3.8, 4) is 0 Å². The maximum Gasteiger partial charge on any atom is 0.410 e. The maximum atomic E-state index is 14.1. The van der Waals surface area contributed by atoms with E-state index in [0.717, 1.165) is 6.07 Å². The Bertz CT molecular complexity index is 684. The summed E-state index contributed by atoms with van der Waals surface area (Å²) in [5, 5.41) is -0.0852. The Kier molecular flexibility index (Phi) is 6.34. The molecule has 1 aromatic heterocycles. The van der Waals surface area contributed by atoms with Crippen molar-refractivity contribution in [3.05, 3.63) is 28.5 Å². The highest BCUT2D eigenvalue weighted by atomic mass is 35.5. The van der Waals surface area contributed by atoms with Gasteiger partial charge in [-0.3, -0.25) is 4.39 Å². The second-order valence-electron chi connectivity index (χ2n) is 8.00. The molecule has 1 aliphatic heterocycles. The summed E-state index contributed by atoms with van der Waals surface area (Å²) in [7, 11) is 0. The molecule has 0 unspecified atom stereocenters. The standard InChI is InChI=1S/C19H26ClF3N2O2/c1-5-19(22,23)13-10-14(24-15(20)11-13)18(12-21)6-8-25(9-7-18)16(26)27-17(2,3)4/h10-11H,5-9,12H2,1-4H3. The fraction of sp³-hybridized carbons (Fsp3) is 0.684. The number of alkyl halides is 3. The Hall–Kier alpha value is -1.50. The van der Waals surface area contributed by atoms with Crippen molar-refractivity contribution in [1.82, 2.24) is 9.88 Å². The summed E-state index contributed by atoms with van der Waals surface area (Å²) in [6.07, 6.45) is -0.338. The molecule has 152 valence electrons. The van der Waals surface area contributed by atoms with Crippen LogP contribution in [0.25, 0.3) is 0 Å². The highest BCUT2D eigenvalue weighted by molar-refractivity contribution is 6.29. The average molecular weight is 407 g/mol. The monoisotopic (exact) mass is 406 g/mol. The number of amides is 1. The molecule has 2 rings (SSSR count). The number of likely N-dealkylation sites (tertiary alicyclic amines) is 1. The van der Waals surface area contributed by atoms with E-state index in [1.54, 1.807) is 20.8 Å². The lowest BCUT2D eigenvalue weighted by Crippen LogP contribution is -2.48. The third kappa shape index (κ3) is 5.06. The van der Waals surface area contributed by atoms with E-state index in [4.69, 9.17) is 16.3 Å². The summed E-state index contributed by atoms with van der Waals surface area (Å²) >= 11 is 5.95. The van der Waals surface area contributed by atoms with Gasteiger partial charge in [0.2, 0.25) is 0 Å². The van der Waals surface area contributed by atoms with Gasteiger partial charge >= 0.3 is 6.09 Å². The van der Waals surface area contributed by atoms with E-state index in [1.165, 1.54) is 17.9 Å². The van der Waals surface area contributed by atoms with Gasteiger partial charge in [0.1, 0.15) is 17.4 Å². The van der Waals surface area contributed by atoms with Gasteiger partial charge in [0.25, 0.3) is 5.92 Å². The number of nitrogens with zero attached hydrogens (tertiary/aromatic N) is 2. The van der Waals surface area contributed by atoms with Crippen molar-refractivity contribution in [2.75, 3.05) is 19.8 Å². The summed E-state index contributed by atoms with van der Waals surface area (Å²) in [6, 6.07) is 2.37. The second kappa shape index (κ2) is 7.86. The van der Waals surface area contributed by atoms with Crippen LogP contribution in [0.15, 0.2) is 12.1 Å². The molecule has 1 fully saturated rings. The first-order chi connectivity index (χ1) is 12.4. The lowest BCUT2D eigenvalue weighted by atomic mass is 9.76. The van der Waals surface area contributed by atoms with Crippen LogP contribution in [0.4, 0.5) is 18.0 Å². The largest absolute Gasteiger partial charge is 0.444 e. The van der Waals surface area contributed by atoms with E-state index < -0.39 is 29.7 Å².